The van der Waals surface area contributed by atoms with Gasteiger partial charge in [0.1, 0.15) is 0 Å². The minimum Gasteiger partial charge on any atom is -0.390 e. The highest BCUT2D eigenvalue weighted by Gasteiger charge is 2.46. The predicted octanol–water partition coefficient (Wildman–Crippen LogP) is 1.40. The largest absolute Gasteiger partial charge is 0.390 e. The summed E-state index contributed by atoms with van der Waals surface area (Å²) in [5.74, 6) is 1.65. The van der Waals surface area contributed by atoms with Crippen LogP contribution in [0, 0.1) is 11.8 Å². The van der Waals surface area contributed by atoms with Crippen LogP contribution in [0.25, 0.3) is 0 Å². The van der Waals surface area contributed by atoms with Crippen LogP contribution in [0.3, 0.4) is 0 Å². The van der Waals surface area contributed by atoms with Gasteiger partial charge in [0, 0.05) is 29.8 Å². The Hall–Kier alpha value is -0.390. The molecule has 3 rings (SSSR count). The van der Waals surface area contributed by atoms with Crippen LogP contribution in [0.1, 0.15) is 19.3 Å². The lowest BCUT2D eigenvalue weighted by Gasteiger charge is -2.29. The van der Waals surface area contributed by atoms with Gasteiger partial charge in [-0.2, -0.15) is 0 Å². The van der Waals surface area contributed by atoms with E-state index in [0.717, 1.165) is 11.8 Å². The number of fused-ring (bicyclic) bond motifs is 2. The standard InChI is InChI=1S/C13H20BrN3O/c14-12-9-1-2-10(5-9)13(12)16-6-11(18)7-17-4-3-15-8-17/h3-4,8-13,16,18H,1-2,5-7H2. The summed E-state index contributed by atoms with van der Waals surface area (Å²) in [6, 6.07) is 0.543. The van der Waals surface area contributed by atoms with Gasteiger partial charge in [-0.05, 0) is 31.1 Å². The fourth-order valence-corrected chi connectivity index (χ4v) is 4.57. The Balaban J connectivity index is 1.46. The zero-order chi connectivity index (χ0) is 12.5. The summed E-state index contributed by atoms with van der Waals surface area (Å²) >= 11 is 3.81. The molecule has 2 saturated carbocycles. The second-order valence-electron chi connectivity index (χ2n) is 5.62. The lowest BCUT2D eigenvalue weighted by Crippen LogP contribution is -2.45. The van der Waals surface area contributed by atoms with Crippen molar-refractivity contribution in [1.82, 2.24) is 14.9 Å². The summed E-state index contributed by atoms with van der Waals surface area (Å²) in [5, 5.41) is 13.6. The van der Waals surface area contributed by atoms with E-state index >= 15 is 0 Å². The first-order valence-corrected chi connectivity index (χ1v) is 7.67. The number of aliphatic hydroxyl groups is 1. The Kier molecular flexibility index (Phi) is 3.73. The summed E-state index contributed by atoms with van der Waals surface area (Å²) in [6.07, 6.45) is 9.09. The third kappa shape index (κ3) is 2.49. The zero-order valence-corrected chi connectivity index (χ0v) is 12.0. The topological polar surface area (TPSA) is 50.1 Å². The minimum absolute atomic E-state index is 0.349. The van der Waals surface area contributed by atoms with Crippen molar-refractivity contribution in [2.24, 2.45) is 11.8 Å². The van der Waals surface area contributed by atoms with Crippen LogP contribution in [0.5, 0.6) is 0 Å². The number of nitrogens with zero attached hydrogens (tertiary/aromatic N) is 2. The SMILES string of the molecule is OC(CNC1C2CCC(C2)C1Br)Cn1ccnc1. The number of halogens is 1. The fraction of sp³-hybridized carbons (Fsp3) is 0.769. The molecule has 5 unspecified atom stereocenters. The number of rotatable bonds is 5. The lowest BCUT2D eigenvalue weighted by molar-refractivity contribution is 0.143. The van der Waals surface area contributed by atoms with Gasteiger partial charge in [-0.15, -0.1) is 0 Å². The van der Waals surface area contributed by atoms with Crippen LogP contribution in [-0.4, -0.2) is 38.2 Å². The Bertz CT molecular complexity index is 382. The van der Waals surface area contributed by atoms with Crippen LogP contribution in [0.15, 0.2) is 18.7 Å². The highest BCUT2D eigenvalue weighted by Crippen LogP contribution is 2.47. The molecule has 100 valence electrons. The molecule has 2 aliphatic carbocycles. The fourth-order valence-electron chi connectivity index (χ4n) is 3.48. The number of aliphatic hydroxyl groups excluding tert-OH is 1. The molecule has 0 spiro atoms. The molecule has 0 radical (unpaired) electrons. The van der Waals surface area contributed by atoms with Crippen LogP contribution < -0.4 is 5.32 Å². The molecule has 2 fully saturated rings. The minimum atomic E-state index is -0.349. The van der Waals surface area contributed by atoms with Gasteiger partial charge in [-0.25, -0.2) is 4.98 Å². The van der Waals surface area contributed by atoms with E-state index in [0.29, 0.717) is 24.0 Å². The third-order valence-corrected chi connectivity index (χ3v) is 5.70. The summed E-state index contributed by atoms with van der Waals surface area (Å²) in [6.45, 7) is 1.27. The quantitative estimate of drug-likeness (QED) is 0.808. The van der Waals surface area contributed by atoms with Crippen molar-refractivity contribution in [3.63, 3.8) is 0 Å². The predicted molar refractivity (Wildman–Crippen MR) is 73.6 cm³/mol. The van der Waals surface area contributed by atoms with E-state index in [9.17, 15) is 5.11 Å². The van der Waals surface area contributed by atoms with Gasteiger partial charge in [0.05, 0.1) is 19.0 Å². The summed E-state index contributed by atoms with van der Waals surface area (Å²) < 4.78 is 1.92. The highest BCUT2D eigenvalue weighted by atomic mass is 79.9. The van der Waals surface area contributed by atoms with E-state index in [-0.39, 0.29) is 6.10 Å². The zero-order valence-electron chi connectivity index (χ0n) is 10.4. The van der Waals surface area contributed by atoms with Crippen LogP contribution in [-0.2, 0) is 6.54 Å². The lowest BCUT2D eigenvalue weighted by atomic mass is 9.95. The van der Waals surface area contributed by atoms with E-state index < -0.39 is 0 Å². The normalized spacial score (nSPS) is 36.1. The molecule has 5 heteroatoms. The number of aromatic nitrogens is 2. The Morgan fingerprint density at radius 2 is 2.28 bits per heavy atom. The summed E-state index contributed by atoms with van der Waals surface area (Å²) in [5.41, 5.74) is 0. The average molecular weight is 314 g/mol. The van der Waals surface area contributed by atoms with Gasteiger partial charge >= 0.3 is 0 Å². The van der Waals surface area contributed by atoms with E-state index in [2.05, 4.69) is 26.2 Å². The van der Waals surface area contributed by atoms with Gasteiger partial charge in [-0.3, -0.25) is 0 Å². The summed E-state index contributed by atoms with van der Waals surface area (Å²) in [7, 11) is 0. The van der Waals surface area contributed by atoms with Gasteiger partial charge < -0.3 is 15.0 Å². The van der Waals surface area contributed by atoms with Gasteiger partial charge in [0.25, 0.3) is 0 Å². The van der Waals surface area contributed by atoms with Crippen molar-refractivity contribution in [3.05, 3.63) is 18.7 Å². The molecule has 2 N–H and O–H groups in total. The molecule has 0 aromatic carbocycles. The van der Waals surface area contributed by atoms with Crippen LogP contribution >= 0.6 is 15.9 Å². The number of alkyl halides is 1. The van der Waals surface area contributed by atoms with Crippen molar-refractivity contribution in [3.8, 4) is 0 Å². The molecule has 1 aromatic rings. The van der Waals surface area contributed by atoms with Crippen LogP contribution in [0.4, 0.5) is 0 Å². The molecule has 2 aliphatic rings. The third-order valence-electron chi connectivity index (χ3n) is 4.38. The van der Waals surface area contributed by atoms with E-state index in [4.69, 9.17) is 0 Å². The first kappa shape index (κ1) is 12.6. The van der Waals surface area contributed by atoms with E-state index in [1.54, 1.807) is 12.5 Å². The molecule has 4 nitrogen and oxygen atoms in total. The number of nitrogens with one attached hydrogen (secondary N) is 1. The van der Waals surface area contributed by atoms with Crippen LogP contribution in [0.2, 0.25) is 0 Å². The Morgan fingerprint density at radius 1 is 1.44 bits per heavy atom. The molecule has 18 heavy (non-hydrogen) atoms. The maximum Gasteiger partial charge on any atom is 0.0946 e. The van der Waals surface area contributed by atoms with Crippen molar-refractivity contribution in [2.45, 2.75) is 42.8 Å². The smallest absolute Gasteiger partial charge is 0.0946 e. The number of hydrogen-bond donors (Lipinski definition) is 2. The second-order valence-corrected chi connectivity index (χ2v) is 6.68. The molecule has 0 aliphatic heterocycles. The van der Waals surface area contributed by atoms with E-state index in [1.807, 2.05) is 10.8 Å². The molecular weight excluding hydrogens is 294 g/mol. The number of hydrogen-bond acceptors (Lipinski definition) is 3. The van der Waals surface area contributed by atoms with Gasteiger partial charge in [0.15, 0.2) is 0 Å². The van der Waals surface area contributed by atoms with Crippen molar-refractivity contribution in [2.75, 3.05) is 6.54 Å². The van der Waals surface area contributed by atoms with Gasteiger partial charge in [-0.1, -0.05) is 15.9 Å². The van der Waals surface area contributed by atoms with Crippen molar-refractivity contribution >= 4 is 15.9 Å². The van der Waals surface area contributed by atoms with Crippen molar-refractivity contribution < 1.29 is 5.11 Å². The Labute approximate surface area is 116 Å². The molecule has 1 aromatic heterocycles. The average Bonchev–Trinajstić information content (AvgIpc) is 3.03. The highest BCUT2D eigenvalue weighted by molar-refractivity contribution is 9.09. The maximum atomic E-state index is 10.0. The summed E-state index contributed by atoms with van der Waals surface area (Å²) in [4.78, 5) is 4.57. The second kappa shape index (κ2) is 5.31. The van der Waals surface area contributed by atoms with E-state index in [1.165, 1.54) is 19.3 Å². The molecule has 1 heterocycles. The Morgan fingerprint density at radius 3 is 2.94 bits per heavy atom. The molecular formula is C13H20BrN3O. The monoisotopic (exact) mass is 313 g/mol. The molecule has 2 bridgehead atoms. The maximum absolute atomic E-state index is 10.0. The number of imidazole rings is 1. The van der Waals surface area contributed by atoms with Crippen molar-refractivity contribution in [1.29, 1.82) is 0 Å². The molecule has 0 saturated heterocycles. The molecule has 0 amide bonds. The first-order chi connectivity index (χ1) is 8.74. The van der Waals surface area contributed by atoms with Gasteiger partial charge in [0.2, 0.25) is 0 Å². The molecule has 5 atom stereocenters. The first-order valence-electron chi connectivity index (χ1n) is 6.75.